The van der Waals surface area contributed by atoms with E-state index in [1.165, 1.54) is 11.1 Å². The van der Waals surface area contributed by atoms with Gasteiger partial charge in [-0.15, -0.1) is 0 Å². The van der Waals surface area contributed by atoms with Crippen LogP contribution in [0.2, 0.25) is 0 Å². The molecule has 2 rings (SSSR count). The second-order valence-corrected chi connectivity index (χ2v) is 5.46. The van der Waals surface area contributed by atoms with Gasteiger partial charge in [0, 0.05) is 29.8 Å². The van der Waals surface area contributed by atoms with E-state index in [1.807, 2.05) is 20.2 Å². The van der Waals surface area contributed by atoms with Crippen molar-refractivity contribution in [1.82, 2.24) is 15.3 Å². The predicted octanol–water partition coefficient (Wildman–Crippen LogP) is 3.38. The number of nitrogens with one attached hydrogen (secondary N) is 2. The summed E-state index contributed by atoms with van der Waals surface area (Å²) in [6.07, 6.45) is 3.61. The highest BCUT2D eigenvalue weighted by Gasteiger charge is 2.10. The lowest BCUT2D eigenvalue weighted by atomic mass is 10.1. The first-order valence-electron chi connectivity index (χ1n) is 6.79. The summed E-state index contributed by atoms with van der Waals surface area (Å²) >= 11 is 1.68. The van der Waals surface area contributed by atoms with Crippen LogP contribution in [-0.2, 0) is 5.75 Å². The Bertz CT molecular complexity index is 528. The second kappa shape index (κ2) is 7.36. The number of aromatic amines is 1. The summed E-state index contributed by atoms with van der Waals surface area (Å²) in [5, 5.41) is 4.19. The Balaban J connectivity index is 2.17. The van der Waals surface area contributed by atoms with Gasteiger partial charge in [0.1, 0.15) is 5.75 Å². The fraction of sp³-hybridized carbons (Fsp3) is 0.400. The van der Waals surface area contributed by atoms with Gasteiger partial charge < -0.3 is 15.0 Å². The van der Waals surface area contributed by atoms with E-state index < -0.39 is 0 Å². The van der Waals surface area contributed by atoms with E-state index in [2.05, 4.69) is 40.4 Å². The zero-order valence-corrected chi connectivity index (χ0v) is 13.0. The van der Waals surface area contributed by atoms with Crippen LogP contribution in [0.4, 0.5) is 0 Å². The molecule has 1 atom stereocenters. The number of thioether (sulfide) groups is 1. The molecular formula is C15H21N3OS. The molecule has 1 heterocycles. The molecule has 0 saturated heterocycles. The van der Waals surface area contributed by atoms with Crippen molar-refractivity contribution >= 4 is 11.8 Å². The van der Waals surface area contributed by atoms with Crippen LogP contribution in [0.25, 0.3) is 0 Å². The lowest BCUT2D eigenvalue weighted by Crippen LogP contribution is -2.12. The molecule has 0 aliphatic heterocycles. The number of hydrogen-bond donors (Lipinski definition) is 2. The Hall–Kier alpha value is -1.46. The van der Waals surface area contributed by atoms with Gasteiger partial charge in [0.25, 0.3) is 0 Å². The molecule has 2 aromatic rings. The van der Waals surface area contributed by atoms with Gasteiger partial charge >= 0.3 is 0 Å². The summed E-state index contributed by atoms with van der Waals surface area (Å²) in [5.74, 6) is 1.80. The maximum atomic E-state index is 5.71. The number of ether oxygens (including phenoxy) is 1. The summed E-state index contributed by atoms with van der Waals surface area (Å²) < 4.78 is 5.71. The highest BCUT2D eigenvalue weighted by Crippen LogP contribution is 2.29. The van der Waals surface area contributed by atoms with Crippen molar-refractivity contribution in [3.8, 4) is 5.75 Å². The molecule has 0 radical (unpaired) electrons. The molecule has 0 spiro atoms. The summed E-state index contributed by atoms with van der Waals surface area (Å²) in [6.45, 7) is 4.84. The van der Waals surface area contributed by atoms with E-state index in [9.17, 15) is 0 Å². The third-order valence-electron chi connectivity index (χ3n) is 3.15. The predicted molar refractivity (Wildman–Crippen MR) is 83.2 cm³/mol. The van der Waals surface area contributed by atoms with Gasteiger partial charge in [-0.2, -0.15) is 0 Å². The fourth-order valence-corrected chi connectivity index (χ4v) is 2.72. The van der Waals surface area contributed by atoms with E-state index in [4.69, 9.17) is 4.74 Å². The lowest BCUT2D eigenvalue weighted by Gasteiger charge is -2.15. The van der Waals surface area contributed by atoms with Gasteiger partial charge in [0.2, 0.25) is 0 Å². The first-order chi connectivity index (χ1) is 9.74. The van der Waals surface area contributed by atoms with Gasteiger partial charge in [-0.1, -0.05) is 17.8 Å². The molecular weight excluding hydrogens is 270 g/mol. The molecule has 0 bridgehead atoms. The molecule has 2 N–H and O–H groups in total. The summed E-state index contributed by atoms with van der Waals surface area (Å²) in [5.41, 5.74) is 2.47. The Morgan fingerprint density at radius 3 is 2.95 bits per heavy atom. The minimum absolute atomic E-state index is 0.332. The number of aromatic nitrogens is 2. The van der Waals surface area contributed by atoms with Crippen LogP contribution in [0.15, 0.2) is 35.7 Å². The molecule has 108 valence electrons. The van der Waals surface area contributed by atoms with Gasteiger partial charge in [-0.05, 0) is 38.6 Å². The van der Waals surface area contributed by atoms with Crippen LogP contribution in [0, 0.1) is 0 Å². The van der Waals surface area contributed by atoms with Crippen LogP contribution in [-0.4, -0.2) is 23.6 Å². The van der Waals surface area contributed by atoms with Crippen LogP contribution in [0.1, 0.15) is 31.0 Å². The van der Waals surface area contributed by atoms with E-state index in [0.717, 1.165) is 16.7 Å². The van der Waals surface area contributed by atoms with Crippen molar-refractivity contribution in [3.63, 3.8) is 0 Å². The van der Waals surface area contributed by atoms with Gasteiger partial charge in [-0.3, -0.25) is 0 Å². The first kappa shape index (κ1) is 14.9. The Labute approximate surface area is 124 Å². The summed E-state index contributed by atoms with van der Waals surface area (Å²) in [6, 6.07) is 6.72. The number of rotatable bonds is 7. The Morgan fingerprint density at radius 2 is 2.30 bits per heavy atom. The molecule has 1 unspecified atom stereocenters. The van der Waals surface area contributed by atoms with Crippen LogP contribution in [0.3, 0.4) is 0 Å². The van der Waals surface area contributed by atoms with E-state index in [-0.39, 0.29) is 0 Å². The third-order valence-corrected chi connectivity index (χ3v) is 4.11. The highest BCUT2D eigenvalue weighted by atomic mass is 32.2. The molecule has 0 fully saturated rings. The molecule has 1 aromatic carbocycles. The molecule has 4 nitrogen and oxygen atoms in total. The molecule has 5 heteroatoms. The van der Waals surface area contributed by atoms with Crippen molar-refractivity contribution in [2.45, 2.75) is 30.8 Å². The number of imidazole rings is 1. The van der Waals surface area contributed by atoms with E-state index in [0.29, 0.717) is 12.6 Å². The standard InChI is InChI=1S/C15H21N3OS/c1-4-19-14-6-5-12(11(2)16-3)9-13(14)10-20-15-17-7-8-18-15/h5-9,11,16H,4,10H2,1-3H3,(H,17,18). The Morgan fingerprint density at radius 1 is 1.45 bits per heavy atom. The first-order valence-corrected chi connectivity index (χ1v) is 7.78. The number of benzene rings is 1. The van der Waals surface area contributed by atoms with Crippen molar-refractivity contribution < 1.29 is 4.74 Å². The zero-order valence-electron chi connectivity index (χ0n) is 12.1. The number of hydrogen-bond acceptors (Lipinski definition) is 4. The SMILES string of the molecule is CCOc1ccc(C(C)NC)cc1CSc1ncc[nH]1. The molecule has 20 heavy (non-hydrogen) atoms. The normalized spacial score (nSPS) is 12.3. The van der Waals surface area contributed by atoms with E-state index >= 15 is 0 Å². The van der Waals surface area contributed by atoms with Crippen LogP contribution >= 0.6 is 11.8 Å². The van der Waals surface area contributed by atoms with Crippen molar-refractivity contribution in [2.24, 2.45) is 0 Å². The van der Waals surface area contributed by atoms with Gasteiger partial charge in [0.05, 0.1) is 6.61 Å². The minimum atomic E-state index is 0.332. The average molecular weight is 291 g/mol. The van der Waals surface area contributed by atoms with Gasteiger partial charge in [0.15, 0.2) is 5.16 Å². The van der Waals surface area contributed by atoms with Crippen LogP contribution in [0.5, 0.6) is 5.75 Å². The van der Waals surface area contributed by atoms with Crippen molar-refractivity contribution in [2.75, 3.05) is 13.7 Å². The van der Waals surface area contributed by atoms with Gasteiger partial charge in [-0.25, -0.2) is 4.98 Å². The average Bonchev–Trinajstić information content (AvgIpc) is 2.99. The maximum absolute atomic E-state index is 5.71. The molecule has 0 amide bonds. The van der Waals surface area contributed by atoms with Crippen molar-refractivity contribution in [1.29, 1.82) is 0 Å². The Kier molecular flexibility index (Phi) is 5.49. The minimum Gasteiger partial charge on any atom is -0.494 e. The zero-order chi connectivity index (χ0) is 14.4. The molecule has 1 aromatic heterocycles. The molecule has 0 aliphatic rings. The summed E-state index contributed by atoms with van der Waals surface area (Å²) in [7, 11) is 1.97. The fourth-order valence-electron chi connectivity index (χ4n) is 1.92. The monoisotopic (exact) mass is 291 g/mol. The smallest absolute Gasteiger partial charge is 0.165 e. The maximum Gasteiger partial charge on any atom is 0.165 e. The third kappa shape index (κ3) is 3.77. The molecule has 0 saturated carbocycles. The number of H-pyrrole nitrogens is 1. The lowest BCUT2D eigenvalue weighted by molar-refractivity contribution is 0.337. The number of nitrogens with zero attached hydrogens (tertiary/aromatic N) is 1. The largest absolute Gasteiger partial charge is 0.494 e. The van der Waals surface area contributed by atoms with Crippen molar-refractivity contribution in [3.05, 3.63) is 41.7 Å². The molecule has 0 aliphatic carbocycles. The van der Waals surface area contributed by atoms with Crippen LogP contribution < -0.4 is 10.1 Å². The second-order valence-electron chi connectivity index (χ2n) is 4.49. The summed E-state index contributed by atoms with van der Waals surface area (Å²) in [4.78, 5) is 7.34. The quantitative estimate of drug-likeness (QED) is 0.768. The topological polar surface area (TPSA) is 49.9 Å². The highest BCUT2D eigenvalue weighted by molar-refractivity contribution is 7.98. The van der Waals surface area contributed by atoms with E-state index in [1.54, 1.807) is 18.0 Å².